The molecule has 28 heavy (non-hydrogen) atoms. The summed E-state index contributed by atoms with van der Waals surface area (Å²) in [6, 6.07) is 13.5. The first-order valence-corrected chi connectivity index (χ1v) is 9.13. The molecule has 148 valence electrons. The summed E-state index contributed by atoms with van der Waals surface area (Å²) in [5.41, 5.74) is 6.12. The highest BCUT2D eigenvalue weighted by Gasteiger charge is 2.09. The smallest absolute Gasteiger partial charge is 0.257 e. The molecular formula is C19H20ClN3O4S. The standard InChI is InChI=1S/C19H20ClN3O4S/c1-26-10-11-27-16-8-4-14(5-9-16)18(25)21-19(28)23-22-17(24)12-13-2-6-15(20)7-3-13/h2-9H,10-12H2,1H3,(H,22,24)(H2,21,23,25,28). The minimum Gasteiger partial charge on any atom is -0.491 e. The Balaban J connectivity index is 1.74. The molecule has 0 unspecified atom stereocenters. The van der Waals surface area contributed by atoms with Crippen molar-refractivity contribution in [2.75, 3.05) is 20.3 Å². The van der Waals surface area contributed by atoms with E-state index in [0.29, 0.717) is 29.5 Å². The molecule has 0 saturated carbocycles. The summed E-state index contributed by atoms with van der Waals surface area (Å²) >= 11 is 10.8. The molecule has 0 atom stereocenters. The van der Waals surface area contributed by atoms with Gasteiger partial charge in [0.15, 0.2) is 5.11 Å². The van der Waals surface area contributed by atoms with Gasteiger partial charge in [-0.15, -0.1) is 0 Å². The first kappa shape index (κ1) is 21.6. The highest BCUT2D eigenvalue weighted by atomic mass is 35.5. The second-order valence-corrected chi connectivity index (χ2v) is 6.47. The molecule has 2 aromatic carbocycles. The van der Waals surface area contributed by atoms with Crippen molar-refractivity contribution >= 4 is 40.7 Å². The molecule has 0 saturated heterocycles. The first-order chi connectivity index (χ1) is 13.5. The van der Waals surface area contributed by atoms with Crippen LogP contribution in [-0.4, -0.2) is 37.3 Å². The maximum atomic E-state index is 12.2. The summed E-state index contributed by atoms with van der Waals surface area (Å²) in [5, 5.41) is 3.06. The van der Waals surface area contributed by atoms with E-state index in [0.717, 1.165) is 5.56 Å². The fraction of sp³-hybridized carbons (Fsp3) is 0.211. The predicted molar refractivity (Wildman–Crippen MR) is 110 cm³/mol. The number of halogens is 1. The molecule has 9 heteroatoms. The number of carbonyl (C=O) groups is 2. The van der Waals surface area contributed by atoms with E-state index in [4.69, 9.17) is 33.3 Å². The number of rotatable bonds is 7. The number of thiocarbonyl (C=S) groups is 1. The molecule has 0 fully saturated rings. The van der Waals surface area contributed by atoms with Gasteiger partial charge in [-0.3, -0.25) is 25.8 Å². The van der Waals surface area contributed by atoms with E-state index in [9.17, 15) is 9.59 Å². The Morgan fingerprint density at radius 3 is 2.32 bits per heavy atom. The Morgan fingerprint density at radius 2 is 1.68 bits per heavy atom. The Morgan fingerprint density at radius 1 is 1.00 bits per heavy atom. The first-order valence-electron chi connectivity index (χ1n) is 8.34. The van der Waals surface area contributed by atoms with Gasteiger partial charge in [0.25, 0.3) is 5.91 Å². The van der Waals surface area contributed by atoms with E-state index >= 15 is 0 Å². The summed E-state index contributed by atoms with van der Waals surface area (Å²) in [5.74, 6) is -0.0897. The van der Waals surface area contributed by atoms with E-state index in [2.05, 4.69) is 16.2 Å². The number of amides is 2. The molecule has 3 N–H and O–H groups in total. The molecule has 0 aliphatic carbocycles. The Kier molecular flexibility index (Phi) is 8.67. The third-order valence-corrected chi connectivity index (χ3v) is 3.95. The number of benzene rings is 2. The van der Waals surface area contributed by atoms with Crippen molar-refractivity contribution in [2.24, 2.45) is 0 Å². The molecule has 0 heterocycles. The Bertz CT molecular complexity index is 813. The fourth-order valence-electron chi connectivity index (χ4n) is 2.11. The van der Waals surface area contributed by atoms with Crippen LogP contribution in [0, 0.1) is 0 Å². The van der Waals surface area contributed by atoms with Crippen LogP contribution in [0.1, 0.15) is 15.9 Å². The largest absolute Gasteiger partial charge is 0.491 e. The second-order valence-electron chi connectivity index (χ2n) is 5.63. The monoisotopic (exact) mass is 421 g/mol. The number of hydrazine groups is 1. The van der Waals surface area contributed by atoms with E-state index < -0.39 is 5.91 Å². The Labute approximate surface area is 173 Å². The lowest BCUT2D eigenvalue weighted by Gasteiger charge is -2.11. The molecule has 7 nitrogen and oxygen atoms in total. The van der Waals surface area contributed by atoms with Gasteiger partial charge in [0.05, 0.1) is 13.0 Å². The molecule has 0 aromatic heterocycles. The molecule has 2 rings (SSSR count). The van der Waals surface area contributed by atoms with Crippen LogP contribution in [0.2, 0.25) is 5.02 Å². The summed E-state index contributed by atoms with van der Waals surface area (Å²) in [6.07, 6.45) is 0.144. The van der Waals surface area contributed by atoms with Crippen molar-refractivity contribution in [3.8, 4) is 5.75 Å². The van der Waals surface area contributed by atoms with Crippen LogP contribution in [0.3, 0.4) is 0 Å². The SMILES string of the molecule is COCCOc1ccc(C(=O)NC(=S)NNC(=O)Cc2ccc(Cl)cc2)cc1. The van der Waals surface area contributed by atoms with Crippen LogP contribution in [0.5, 0.6) is 5.75 Å². The number of hydrogen-bond acceptors (Lipinski definition) is 5. The van der Waals surface area contributed by atoms with Gasteiger partial charge in [-0.2, -0.15) is 0 Å². The number of carbonyl (C=O) groups excluding carboxylic acids is 2. The van der Waals surface area contributed by atoms with Crippen LogP contribution in [0.4, 0.5) is 0 Å². The molecule has 0 bridgehead atoms. The maximum absolute atomic E-state index is 12.2. The molecule has 2 aromatic rings. The maximum Gasteiger partial charge on any atom is 0.257 e. The van der Waals surface area contributed by atoms with Gasteiger partial charge in [-0.1, -0.05) is 23.7 Å². The molecular weight excluding hydrogens is 402 g/mol. The zero-order valence-electron chi connectivity index (χ0n) is 15.2. The predicted octanol–water partition coefficient (Wildman–Crippen LogP) is 2.24. The van der Waals surface area contributed by atoms with Crippen molar-refractivity contribution < 1.29 is 19.1 Å². The third-order valence-electron chi connectivity index (χ3n) is 3.49. The summed E-state index contributed by atoms with van der Waals surface area (Å²) in [7, 11) is 1.59. The van der Waals surface area contributed by atoms with Crippen LogP contribution in [0.15, 0.2) is 48.5 Å². The highest BCUT2D eigenvalue weighted by molar-refractivity contribution is 7.80. The molecule has 0 radical (unpaired) electrons. The lowest BCUT2D eigenvalue weighted by molar-refractivity contribution is -0.121. The number of hydrogen-bond donors (Lipinski definition) is 3. The van der Waals surface area contributed by atoms with E-state index in [1.54, 1.807) is 55.6 Å². The minimum atomic E-state index is -0.409. The van der Waals surface area contributed by atoms with Crippen molar-refractivity contribution in [1.29, 1.82) is 0 Å². The molecule has 2 amide bonds. The van der Waals surface area contributed by atoms with E-state index in [-0.39, 0.29) is 17.4 Å². The lowest BCUT2D eigenvalue weighted by atomic mass is 10.1. The number of nitrogens with one attached hydrogen (secondary N) is 3. The van der Waals surface area contributed by atoms with Crippen molar-refractivity contribution in [3.63, 3.8) is 0 Å². The minimum absolute atomic E-state index is 0.0186. The van der Waals surface area contributed by atoms with Crippen LogP contribution < -0.4 is 20.9 Å². The quantitative estimate of drug-likeness (QED) is 0.361. The fourth-order valence-corrected chi connectivity index (χ4v) is 2.38. The number of methoxy groups -OCH3 is 1. The molecule has 0 spiro atoms. The van der Waals surface area contributed by atoms with Crippen molar-refractivity contribution in [1.82, 2.24) is 16.2 Å². The van der Waals surface area contributed by atoms with Gasteiger partial charge in [-0.25, -0.2) is 0 Å². The van der Waals surface area contributed by atoms with Crippen molar-refractivity contribution in [2.45, 2.75) is 6.42 Å². The van der Waals surface area contributed by atoms with E-state index in [1.165, 1.54) is 0 Å². The van der Waals surface area contributed by atoms with Gasteiger partial charge in [0, 0.05) is 17.7 Å². The van der Waals surface area contributed by atoms with Crippen LogP contribution in [-0.2, 0) is 16.0 Å². The molecule has 0 aliphatic heterocycles. The van der Waals surface area contributed by atoms with Gasteiger partial charge >= 0.3 is 0 Å². The summed E-state index contributed by atoms with van der Waals surface area (Å²) < 4.78 is 10.3. The average molecular weight is 422 g/mol. The second kappa shape index (κ2) is 11.2. The van der Waals surface area contributed by atoms with E-state index in [1.807, 2.05) is 0 Å². The van der Waals surface area contributed by atoms with Crippen LogP contribution in [0.25, 0.3) is 0 Å². The normalized spacial score (nSPS) is 10.1. The van der Waals surface area contributed by atoms with Gasteiger partial charge in [0.2, 0.25) is 5.91 Å². The Hall–Kier alpha value is -2.68. The zero-order chi connectivity index (χ0) is 20.4. The summed E-state index contributed by atoms with van der Waals surface area (Å²) in [4.78, 5) is 24.1. The zero-order valence-corrected chi connectivity index (χ0v) is 16.7. The van der Waals surface area contributed by atoms with Gasteiger partial charge in [0.1, 0.15) is 12.4 Å². The summed E-state index contributed by atoms with van der Waals surface area (Å²) in [6.45, 7) is 0.900. The van der Waals surface area contributed by atoms with Crippen molar-refractivity contribution in [3.05, 3.63) is 64.7 Å². The lowest BCUT2D eigenvalue weighted by Crippen LogP contribution is -2.48. The topological polar surface area (TPSA) is 88.7 Å². The number of ether oxygens (including phenoxy) is 2. The van der Waals surface area contributed by atoms with Gasteiger partial charge < -0.3 is 9.47 Å². The molecule has 0 aliphatic rings. The third kappa shape index (κ3) is 7.51. The highest BCUT2D eigenvalue weighted by Crippen LogP contribution is 2.12. The van der Waals surface area contributed by atoms with Crippen LogP contribution >= 0.6 is 23.8 Å². The average Bonchev–Trinajstić information content (AvgIpc) is 2.69. The van der Waals surface area contributed by atoms with Gasteiger partial charge in [-0.05, 0) is 54.2 Å².